The molecule has 2 heteroatoms. The number of ether oxygens (including phenoxy) is 1. The molecule has 0 aliphatic heterocycles. The number of carbonyl (C=O) groups excluding carboxylic acids is 1. The molecule has 24 heavy (non-hydrogen) atoms. The molecule has 0 N–H and O–H groups in total. The van der Waals surface area contributed by atoms with Crippen LogP contribution in [0.15, 0.2) is 12.2 Å². The third-order valence-electron chi connectivity index (χ3n) is 4.25. The van der Waals surface area contributed by atoms with E-state index in [2.05, 4.69) is 39.8 Å². The Kier molecular flexibility index (Phi) is 15.2. The topological polar surface area (TPSA) is 26.3 Å². The highest BCUT2D eigenvalue weighted by Crippen LogP contribution is 2.22. The Morgan fingerprint density at radius 2 is 1.46 bits per heavy atom. The van der Waals surface area contributed by atoms with E-state index in [-0.39, 0.29) is 5.97 Å². The first kappa shape index (κ1) is 23.2. The molecule has 0 aromatic heterocycles. The van der Waals surface area contributed by atoms with Gasteiger partial charge in [0.1, 0.15) is 0 Å². The molecule has 0 rings (SSSR count). The summed E-state index contributed by atoms with van der Waals surface area (Å²) in [5.74, 6) is -0.0258. The minimum atomic E-state index is -0.0258. The van der Waals surface area contributed by atoms with E-state index in [1.165, 1.54) is 51.4 Å². The van der Waals surface area contributed by atoms with Crippen LogP contribution in [0.5, 0.6) is 0 Å². The lowest BCUT2D eigenvalue weighted by Crippen LogP contribution is -2.05. The number of carbonyl (C=O) groups is 1. The second-order valence-corrected chi connectivity index (χ2v) is 8.16. The number of hydrogen-bond donors (Lipinski definition) is 0. The average Bonchev–Trinajstić information content (AvgIpc) is 2.51. The minimum absolute atomic E-state index is 0.0258. The van der Waals surface area contributed by atoms with Gasteiger partial charge in [-0.2, -0.15) is 0 Å². The van der Waals surface area contributed by atoms with Gasteiger partial charge < -0.3 is 4.74 Å². The Labute approximate surface area is 151 Å². The molecule has 0 aromatic rings. The maximum Gasteiger partial charge on any atom is 0.305 e. The molecular weight excluding hydrogens is 296 g/mol. The van der Waals surface area contributed by atoms with Crippen molar-refractivity contribution >= 4 is 5.97 Å². The van der Waals surface area contributed by atoms with E-state index in [1.807, 2.05) is 0 Å². The zero-order valence-corrected chi connectivity index (χ0v) is 16.9. The SMILES string of the molecule is CCCCC/C=C\CCOC(=O)CCCCCCCCC(C)(C)C. The van der Waals surface area contributed by atoms with Gasteiger partial charge in [-0.15, -0.1) is 0 Å². The summed E-state index contributed by atoms with van der Waals surface area (Å²) in [4.78, 5) is 11.6. The summed E-state index contributed by atoms with van der Waals surface area (Å²) in [6, 6.07) is 0. The number of unbranched alkanes of at least 4 members (excludes halogenated alkanes) is 8. The van der Waals surface area contributed by atoms with Crippen molar-refractivity contribution in [3.63, 3.8) is 0 Å². The fourth-order valence-corrected chi connectivity index (χ4v) is 2.69. The van der Waals surface area contributed by atoms with Crippen LogP contribution in [-0.4, -0.2) is 12.6 Å². The van der Waals surface area contributed by atoms with E-state index in [1.54, 1.807) is 0 Å². The van der Waals surface area contributed by atoms with Crippen molar-refractivity contribution < 1.29 is 9.53 Å². The van der Waals surface area contributed by atoms with Crippen molar-refractivity contribution in [2.24, 2.45) is 5.41 Å². The maximum absolute atomic E-state index is 11.6. The molecule has 0 amide bonds. The molecule has 0 bridgehead atoms. The molecule has 0 spiro atoms. The van der Waals surface area contributed by atoms with Crippen LogP contribution in [0.2, 0.25) is 0 Å². The molecule has 0 atom stereocenters. The minimum Gasteiger partial charge on any atom is -0.465 e. The van der Waals surface area contributed by atoms with E-state index < -0.39 is 0 Å². The average molecular weight is 339 g/mol. The maximum atomic E-state index is 11.6. The van der Waals surface area contributed by atoms with Crippen LogP contribution in [-0.2, 0) is 9.53 Å². The van der Waals surface area contributed by atoms with Crippen molar-refractivity contribution in [1.82, 2.24) is 0 Å². The van der Waals surface area contributed by atoms with Crippen molar-refractivity contribution in [1.29, 1.82) is 0 Å². The predicted molar refractivity (Wildman–Crippen MR) is 105 cm³/mol. The van der Waals surface area contributed by atoms with Crippen LogP contribution in [0.3, 0.4) is 0 Å². The Morgan fingerprint density at radius 1 is 0.833 bits per heavy atom. The zero-order valence-electron chi connectivity index (χ0n) is 16.9. The Balaban J connectivity index is 3.29. The Morgan fingerprint density at radius 3 is 2.12 bits per heavy atom. The summed E-state index contributed by atoms with van der Waals surface area (Å²) in [5.41, 5.74) is 0.467. The molecule has 0 aliphatic rings. The molecule has 0 aliphatic carbocycles. The summed E-state index contributed by atoms with van der Waals surface area (Å²) in [6.07, 6.45) is 19.4. The number of esters is 1. The lowest BCUT2D eigenvalue weighted by atomic mass is 9.89. The molecule has 0 saturated heterocycles. The molecule has 0 aromatic carbocycles. The number of rotatable bonds is 15. The highest BCUT2D eigenvalue weighted by atomic mass is 16.5. The molecule has 142 valence electrons. The monoisotopic (exact) mass is 338 g/mol. The molecular formula is C22H42O2. The molecule has 0 radical (unpaired) electrons. The Bertz CT molecular complexity index is 312. The van der Waals surface area contributed by atoms with Crippen molar-refractivity contribution in [3.05, 3.63) is 12.2 Å². The fourth-order valence-electron chi connectivity index (χ4n) is 2.69. The van der Waals surface area contributed by atoms with Gasteiger partial charge >= 0.3 is 5.97 Å². The molecule has 0 saturated carbocycles. The number of allylic oxidation sites excluding steroid dienone is 1. The van der Waals surface area contributed by atoms with E-state index in [4.69, 9.17) is 4.74 Å². The normalized spacial score (nSPS) is 12.0. The first-order valence-corrected chi connectivity index (χ1v) is 10.3. The van der Waals surface area contributed by atoms with Gasteiger partial charge in [-0.25, -0.2) is 0 Å². The fraction of sp³-hybridized carbons (Fsp3) is 0.864. The number of hydrogen-bond acceptors (Lipinski definition) is 2. The van der Waals surface area contributed by atoms with Gasteiger partial charge in [-0.05, 0) is 37.5 Å². The molecule has 0 unspecified atom stereocenters. The van der Waals surface area contributed by atoms with E-state index in [0.29, 0.717) is 18.4 Å². The van der Waals surface area contributed by atoms with Crippen LogP contribution >= 0.6 is 0 Å². The highest BCUT2D eigenvalue weighted by molar-refractivity contribution is 5.69. The van der Waals surface area contributed by atoms with Gasteiger partial charge in [-0.3, -0.25) is 4.79 Å². The van der Waals surface area contributed by atoms with Crippen LogP contribution in [0.1, 0.15) is 111 Å². The van der Waals surface area contributed by atoms with Crippen molar-refractivity contribution in [2.75, 3.05) is 6.61 Å². The lowest BCUT2D eigenvalue weighted by Gasteiger charge is -2.17. The predicted octanol–water partition coefficient (Wildman–Crippen LogP) is 7.22. The third kappa shape index (κ3) is 19.3. The van der Waals surface area contributed by atoms with Crippen molar-refractivity contribution in [3.8, 4) is 0 Å². The van der Waals surface area contributed by atoms with E-state index >= 15 is 0 Å². The standard InChI is InChI=1S/C22H42O2/c1-5-6-7-8-11-14-17-20-24-21(23)18-15-12-9-10-13-16-19-22(2,3)4/h11,14H,5-10,12-13,15-20H2,1-4H3/b14-11-. The highest BCUT2D eigenvalue weighted by Gasteiger charge is 2.08. The Hall–Kier alpha value is -0.790. The van der Waals surface area contributed by atoms with Gasteiger partial charge in [0.25, 0.3) is 0 Å². The summed E-state index contributed by atoms with van der Waals surface area (Å²) in [6.45, 7) is 9.68. The van der Waals surface area contributed by atoms with Gasteiger partial charge in [-0.1, -0.05) is 84.8 Å². The molecule has 0 heterocycles. The summed E-state index contributed by atoms with van der Waals surface area (Å²) in [5, 5.41) is 0. The van der Waals surface area contributed by atoms with Gasteiger partial charge in [0.15, 0.2) is 0 Å². The molecule has 2 nitrogen and oxygen atoms in total. The van der Waals surface area contributed by atoms with Gasteiger partial charge in [0.2, 0.25) is 0 Å². The van der Waals surface area contributed by atoms with E-state index in [0.717, 1.165) is 25.7 Å². The van der Waals surface area contributed by atoms with Crippen molar-refractivity contribution in [2.45, 2.75) is 111 Å². The van der Waals surface area contributed by atoms with Gasteiger partial charge in [0, 0.05) is 6.42 Å². The second kappa shape index (κ2) is 15.7. The second-order valence-electron chi connectivity index (χ2n) is 8.16. The van der Waals surface area contributed by atoms with Crippen LogP contribution in [0.4, 0.5) is 0 Å². The van der Waals surface area contributed by atoms with Crippen LogP contribution < -0.4 is 0 Å². The first-order valence-electron chi connectivity index (χ1n) is 10.3. The first-order chi connectivity index (χ1) is 11.5. The van der Waals surface area contributed by atoms with Crippen LogP contribution in [0.25, 0.3) is 0 Å². The zero-order chi connectivity index (χ0) is 18.1. The quantitative estimate of drug-likeness (QED) is 0.179. The summed E-state index contributed by atoms with van der Waals surface area (Å²) >= 11 is 0. The largest absolute Gasteiger partial charge is 0.465 e. The molecule has 0 fully saturated rings. The lowest BCUT2D eigenvalue weighted by molar-refractivity contribution is -0.143. The van der Waals surface area contributed by atoms with Crippen LogP contribution in [0, 0.1) is 5.41 Å². The summed E-state index contributed by atoms with van der Waals surface area (Å²) in [7, 11) is 0. The third-order valence-corrected chi connectivity index (χ3v) is 4.25. The smallest absolute Gasteiger partial charge is 0.305 e. The van der Waals surface area contributed by atoms with Gasteiger partial charge in [0.05, 0.1) is 6.61 Å². The van der Waals surface area contributed by atoms with E-state index in [9.17, 15) is 4.79 Å². The summed E-state index contributed by atoms with van der Waals surface area (Å²) < 4.78 is 5.26.